The van der Waals surface area contributed by atoms with Gasteiger partial charge in [-0.1, -0.05) is 0 Å². The fraction of sp³-hybridized carbons (Fsp3) is 0.812. The summed E-state index contributed by atoms with van der Waals surface area (Å²) in [7, 11) is -1.22. The van der Waals surface area contributed by atoms with Crippen LogP contribution in [0, 0.1) is 17.3 Å². The third-order valence-electron chi connectivity index (χ3n) is 8.28. The first kappa shape index (κ1) is 35.5. The van der Waals surface area contributed by atoms with Crippen molar-refractivity contribution in [3.8, 4) is 0 Å². The Morgan fingerprint density at radius 1 is 0.763 bits per heavy atom. The fourth-order valence-corrected chi connectivity index (χ4v) is 22.0. The van der Waals surface area contributed by atoms with E-state index in [0.29, 0.717) is 12.8 Å². The van der Waals surface area contributed by atoms with Gasteiger partial charge in [0.15, 0.2) is 0 Å². The molecule has 0 unspecified atom stereocenters. The van der Waals surface area contributed by atoms with Crippen LogP contribution in [0.15, 0.2) is 24.3 Å². The van der Waals surface area contributed by atoms with E-state index in [2.05, 4.69) is 64.7 Å². The number of unbranched alkanes of at least 4 members (excludes halogenated alkanes) is 3. The summed E-state index contributed by atoms with van der Waals surface area (Å²) in [5.74, 6) is -0.488. The minimum atomic E-state index is -2.29. The molecule has 1 aliphatic carbocycles. The van der Waals surface area contributed by atoms with Crippen LogP contribution in [-0.4, -0.2) is 51.6 Å². The molecule has 0 aromatic rings. The first-order chi connectivity index (χ1) is 18.0. The van der Waals surface area contributed by atoms with E-state index in [0.717, 1.165) is 6.04 Å². The van der Waals surface area contributed by atoms with Crippen LogP contribution in [0.3, 0.4) is 0 Å². The molecule has 0 aromatic heterocycles. The summed E-state index contributed by atoms with van der Waals surface area (Å²) >= 11 is -2.29. The van der Waals surface area contributed by atoms with Gasteiger partial charge < -0.3 is 0 Å². The molecule has 0 bridgehead atoms. The molecule has 2 atom stereocenters. The van der Waals surface area contributed by atoms with Crippen LogP contribution in [0.2, 0.25) is 43.4 Å². The van der Waals surface area contributed by atoms with Gasteiger partial charge in [0.1, 0.15) is 0 Å². The molecule has 0 aliphatic heterocycles. The van der Waals surface area contributed by atoms with Gasteiger partial charge in [-0.2, -0.15) is 0 Å². The van der Waals surface area contributed by atoms with E-state index >= 15 is 0 Å². The molecule has 0 spiro atoms. The van der Waals surface area contributed by atoms with Crippen LogP contribution in [-0.2, 0) is 19.1 Å². The molecule has 1 saturated carbocycles. The summed E-state index contributed by atoms with van der Waals surface area (Å²) in [5, 5.41) is 0. The van der Waals surface area contributed by atoms with Crippen molar-refractivity contribution < 1.29 is 19.1 Å². The molecule has 0 amide bonds. The van der Waals surface area contributed by atoms with Crippen molar-refractivity contribution >= 4 is 38.4 Å². The van der Waals surface area contributed by atoms with Gasteiger partial charge in [-0.15, -0.1) is 0 Å². The number of esters is 2. The molecule has 1 fully saturated rings. The number of carbonyl (C=O) groups excluding carboxylic acids is 2. The Labute approximate surface area is 240 Å². The Kier molecular flexibility index (Phi) is 16.8. The summed E-state index contributed by atoms with van der Waals surface area (Å²) in [6.07, 6.45) is 18.5. The zero-order chi connectivity index (χ0) is 28.7. The molecule has 38 heavy (non-hydrogen) atoms. The van der Waals surface area contributed by atoms with Gasteiger partial charge >= 0.3 is 242 Å². The third-order valence-corrected chi connectivity index (χ3v) is 25.0. The molecule has 0 radical (unpaired) electrons. The summed E-state index contributed by atoms with van der Waals surface area (Å²) in [4.78, 5) is 26.5. The molecule has 0 aromatic carbocycles. The molecule has 0 N–H and O–H groups in total. The molecule has 0 heterocycles. The van der Waals surface area contributed by atoms with Gasteiger partial charge in [-0.25, -0.2) is 0 Å². The average molecular weight is 656 g/mol. The third kappa shape index (κ3) is 11.5. The molecular formula is C32H60O4SiSn. The summed E-state index contributed by atoms with van der Waals surface area (Å²) in [6, 6.07) is 1.11. The van der Waals surface area contributed by atoms with E-state index in [1.54, 1.807) is 0 Å². The van der Waals surface area contributed by atoms with Crippen LogP contribution >= 0.6 is 0 Å². The van der Waals surface area contributed by atoms with Crippen molar-refractivity contribution in [1.29, 1.82) is 0 Å². The molecule has 1 aliphatic rings. The number of rotatable bonds is 19. The number of ether oxygens (including phenoxy) is 2. The maximum absolute atomic E-state index is 13.2. The van der Waals surface area contributed by atoms with Gasteiger partial charge in [0.05, 0.1) is 0 Å². The number of hydrogen-bond donors (Lipinski definition) is 0. The SMILES string of the molecule is CCC[CH2][Sn]([CH2]/C=C/[C@H]1CC(C(=O)OCC)(C(=O)OCC)C[C@@H]1/C=C/C[Si](C)(C)C)([CH2]CCC)[CH2]CCC. The van der Waals surface area contributed by atoms with Crippen LogP contribution in [0.5, 0.6) is 0 Å². The molecular weight excluding hydrogens is 595 g/mol. The van der Waals surface area contributed by atoms with Gasteiger partial charge in [-0.3, -0.25) is 0 Å². The molecule has 6 heteroatoms. The predicted octanol–water partition coefficient (Wildman–Crippen LogP) is 9.42. The quantitative estimate of drug-likeness (QED) is 0.0602. The van der Waals surface area contributed by atoms with E-state index in [1.165, 1.54) is 56.3 Å². The molecule has 220 valence electrons. The Hall–Kier alpha value is -0.564. The fourth-order valence-electron chi connectivity index (χ4n) is 5.99. The van der Waals surface area contributed by atoms with Crippen molar-refractivity contribution in [2.75, 3.05) is 13.2 Å². The molecule has 4 nitrogen and oxygen atoms in total. The Bertz CT molecular complexity index is 715. The zero-order valence-corrected chi connectivity index (χ0v) is 30.1. The van der Waals surface area contributed by atoms with Crippen LogP contribution in [0.4, 0.5) is 0 Å². The number of allylic oxidation sites excluding steroid dienone is 4. The van der Waals surface area contributed by atoms with E-state index in [9.17, 15) is 9.59 Å². The summed E-state index contributed by atoms with van der Waals surface area (Å²) < 4.78 is 16.7. The average Bonchev–Trinajstić information content (AvgIpc) is 3.24. The molecule has 1 rings (SSSR count). The van der Waals surface area contributed by atoms with Crippen molar-refractivity contribution in [2.24, 2.45) is 17.3 Å². The Balaban J connectivity index is 3.32. The first-order valence-electron chi connectivity index (χ1n) is 15.7. The van der Waals surface area contributed by atoms with Crippen LogP contribution in [0.1, 0.15) is 86.0 Å². The second-order valence-corrected chi connectivity index (χ2v) is 32.4. The van der Waals surface area contributed by atoms with Gasteiger partial charge in [-0.05, 0) is 0 Å². The minimum absolute atomic E-state index is 0.155. The van der Waals surface area contributed by atoms with Crippen LogP contribution < -0.4 is 0 Å². The summed E-state index contributed by atoms with van der Waals surface area (Å²) in [6.45, 7) is 18.3. The van der Waals surface area contributed by atoms with Gasteiger partial charge in [0, 0.05) is 0 Å². The van der Waals surface area contributed by atoms with E-state index in [1.807, 2.05) is 13.8 Å². The topological polar surface area (TPSA) is 52.6 Å². The predicted molar refractivity (Wildman–Crippen MR) is 168 cm³/mol. The Morgan fingerprint density at radius 2 is 1.18 bits per heavy atom. The monoisotopic (exact) mass is 656 g/mol. The number of carbonyl (C=O) groups is 2. The van der Waals surface area contributed by atoms with E-state index in [4.69, 9.17) is 9.47 Å². The second-order valence-electron chi connectivity index (χ2n) is 12.9. The first-order valence-corrected chi connectivity index (χ1v) is 27.5. The van der Waals surface area contributed by atoms with E-state index < -0.39 is 43.8 Å². The van der Waals surface area contributed by atoms with Gasteiger partial charge in [0.2, 0.25) is 0 Å². The van der Waals surface area contributed by atoms with Crippen molar-refractivity contribution in [3.05, 3.63) is 24.3 Å². The van der Waals surface area contributed by atoms with E-state index in [-0.39, 0.29) is 25.0 Å². The summed E-state index contributed by atoms with van der Waals surface area (Å²) in [5.41, 5.74) is -1.19. The second kappa shape index (κ2) is 18.0. The van der Waals surface area contributed by atoms with Crippen LogP contribution in [0.25, 0.3) is 0 Å². The van der Waals surface area contributed by atoms with Crippen molar-refractivity contribution in [2.45, 2.75) is 129 Å². The number of hydrogen-bond acceptors (Lipinski definition) is 4. The standard InChI is InChI=1S/C20H33O4Si.3C4H9.Sn/c1-7-11-16-14-20(18(21)23-8-2,19(22)24-9-3)15-17(16)12-10-13-25(4,5)6;3*1-3-4-2;/h7,10-12,16-17H,1,8-9,13-15H2,2-6H3;3*1,3-4H2,2H3;/b11-7+,12-10+;;;;/t16-,17-;;;;/m0..../s1. The zero-order valence-electron chi connectivity index (χ0n) is 26.2. The van der Waals surface area contributed by atoms with Gasteiger partial charge in [0.25, 0.3) is 0 Å². The molecule has 0 saturated heterocycles. The van der Waals surface area contributed by atoms with Crippen molar-refractivity contribution in [1.82, 2.24) is 0 Å². The Morgan fingerprint density at radius 3 is 1.55 bits per heavy atom. The maximum atomic E-state index is 13.2. The van der Waals surface area contributed by atoms with Crippen molar-refractivity contribution in [3.63, 3.8) is 0 Å². The normalized spacial score (nSPS) is 19.9.